The molecule has 142 valence electrons. The molecule has 2 atom stereocenters. The van der Waals surface area contributed by atoms with Crippen molar-refractivity contribution in [1.29, 1.82) is 0 Å². The molecule has 1 aliphatic heterocycles. The molecular weight excluding hydrogens is 340 g/mol. The van der Waals surface area contributed by atoms with Gasteiger partial charge in [-0.2, -0.15) is 0 Å². The van der Waals surface area contributed by atoms with E-state index in [1.807, 2.05) is 73.6 Å². The standard InChI is InChI=1S/C21H26N4O2/c1-24(2)16-9-11-17(12-10-16)25-14-19(21(25)27)23-20(26)18(22)13-8-15-6-4-3-5-7-15/h3-7,9-12,18-19H,8,13-14,22H2,1-2H3,(H,23,26). The van der Waals surface area contributed by atoms with Gasteiger partial charge in [-0.05, 0) is 42.7 Å². The quantitative estimate of drug-likeness (QED) is 0.729. The smallest absolute Gasteiger partial charge is 0.251 e. The summed E-state index contributed by atoms with van der Waals surface area (Å²) in [6.45, 7) is 0.470. The van der Waals surface area contributed by atoms with Crippen molar-refractivity contribution in [3.8, 4) is 0 Å². The van der Waals surface area contributed by atoms with E-state index < -0.39 is 12.1 Å². The van der Waals surface area contributed by atoms with Gasteiger partial charge in [-0.1, -0.05) is 30.3 Å². The van der Waals surface area contributed by atoms with Gasteiger partial charge >= 0.3 is 0 Å². The van der Waals surface area contributed by atoms with Crippen LogP contribution in [0.4, 0.5) is 11.4 Å². The Hall–Kier alpha value is -2.86. The first kappa shape index (κ1) is 18.9. The van der Waals surface area contributed by atoms with E-state index in [1.165, 1.54) is 0 Å². The first-order valence-electron chi connectivity index (χ1n) is 9.14. The van der Waals surface area contributed by atoms with E-state index in [-0.39, 0.29) is 11.8 Å². The predicted molar refractivity (Wildman–Crippen MR) is 108 cm³/mol. The van der Waals surface area contributed by atoms with Gasteiger partial charge < -0.3 is 20.9 Å². The van der Waals surface area contributed by atoms with Crippen LogP contribution in [0.5, 0.6) is 0 Å². The maximum absolute atomic E-state index is 12.4. The molecular formula is C21H26N4O2. The number of anilines is 2. The lowest BCUT2D eigenvalue weighted by atomic mass is 10.0. The van der Waals surface area contributed by atoms with E-state index in [0.717, 1.165) is 23.4 Å². The zero-order valence-corrected chi connectivity index (χ0v) is 15.8. The van der Waals surface area contributed by atoms with Crippen molar-refractivity contribution in [2.75, 3.05) is 30.4 Å². The number of nitrogens with zero attached hydrogens (tertiary/aromatic N) is 2. The van der Waals surface area contributed by atoms with Crippen molar-refractivity contribution in [3.05, 3.63) is 60.2 Å². The SMILES string of the molecule is CN(C)c1ccc(N2CC(NC(=O)C(N)CCc3ccccc3)C2=O)cc1. The number of nitrogens with one attached hydrogen (secondary N) is 1. The molecule has 0 saturated carbocycles. The van der Waals surface area contributed by atoms with E-state index in [0.29, 0.717) is 13.0 Å². The molecule has 1 heterocycles. The number of hydrogen-bond donors (Lipinski definition) is 2. The van der Waals surface area contributed by atoms with Crippen LogP contribution >= 0.6 is 0 Å². The average Bonchev–Trinajstić information content (AvgIpc) is 2.69. The lowest BCUT2D eigenvalue weighted by molar-refractivity contribution is -0.131. The van der Waals surface area contributed by atoms with Crippen LogP contribution in [0.15, 0.2) is 54.6 Å². The van der Waals surface area contributed by atoms with Gasteiger partial charge in [0.1, 0.15) is 6.04 Å². The third-order valence-corrected chi connectivity index (χ3v) is 4.85. The fourth-order valence-corrected chi connectivity index (χ4v) is 3.07. The van der Waals surface area contributed by atoms with E-state index in [2.05, 4.69) is 5.32 Å². The Balaban J connectivity index is 1.47. The number of hydrogen-bond acceptors (Lipinski definition) is 4. The van der Waals surface area contributed by atoms with Crippen molar-refractivity contribution in [2.45, 2.75) is 24.9 Å². The molecule has 2 aromatic rings. The molecule has 0 aliphatic carbocycles. The molecule has 3 rings (SSSR count). The topological polar surface area (TPSA) is 78.7 Å². The Labute approximate surface area is 159 Å². The zero-order valence-electron chi connectivity index (χ0n) is 15.8. The van der Waals surface area contributed by atoms with Crippen LogP contribution in [-0.4, -0.2) is 44.5 Å². The summed E-state index contributed by atoms with van der Waals surface area (Å²) < 4.78 is 0. The highest BCUT2D eigenvalue weighted by Gasteiger charge is 2.39. The van der Waals surface area contributed by atoms with Gasteiger partial charge in [0.2, 0.25) is 5.91 Å². The van der Waals surface area contributed by atoms with Crippen LogP contribution < -0.4 is 20.9 Å². The van der Waals surface area contributed by atoms with Gasteiger partial charge in [-0.3, -0.25) is 9.59 Å². The molecule has 2 unspecified atom stereocenters. The van der Waals surface area contributed by atoms with Gasteiger partial charge in [0.25, 0.3) is 5.91 Å². The van der Waals surface area contributed by atoms with Gasteiger partial charge in [0.15, 0.2) is 0 Å². The molecule has 6 heteroatoms. The highest BCUT2D eigenvalue weighted by atomic mass is 16.2. The Kier molecular flexibility index (Phi) is 5.76. The molecule has 2 amide bonds. The van der Waals surface area contributed by atoms with Crippen LogP contribution in [0.25, 0.3) is 0 Å². The number of amides is 2. The number of carbonyl (C=O) groups excluding carboxylic acids is 2. The fraction of sp³-hybridized carbons (Fsp3) is 0.333. The molecule has 3 N–H and O–H groups in total. The minimum absolute atomic E-state index is 0.101. The number of rotatable bonds is 7. The van der Waals surface area contributed by atoms with E-state index >= 15 is 0 Å². The summed E-state index contributed by atoms with van der Waals surface area (Å²) in [5.74, 6) is -0.372. The second-order valence-electron chi connectivity index (χ2n) is 7.05. The fourth-order valence-electron chi connectivity index (χ4n) is 3.07. The van der Waals surface area contributed by atoms with Gasteiger partial charge in [-0.15, -0.1) is 0 Å². The minimum atomic E-state index is -0.619. The van der Waals surface area contributed by atoms with E-state index in [9.17, 15) is 9.59 Å². The predicted octanol–water partition coefficient (Wildman–Crippen LogP) is 1.54. The summed E-state index contributed by atoms with van der Waals surface area (Å²) in [5, 5.41) is 2.77. The molecule has 6 nitrogen and oxygen atoms in total. The summed E-state index contributed by atoms with van der Waals surface area (Å²) >= 11 is 0. The molecule has 1 aliphatic rings. The highest BCUT2D eigenvalue weighted by Crippen LogP contribution is 2.24. The summed E-state index contributed by atoms with van der Waals surface area (Å²) in [7, 11) is 3.94. The number of β-lactam (4-membered cyclic amide) rings is 1. The summed E-state index contributed by atoms with van der Waals surface area (Å²) in [6.07, 6.45) is 1.28. The first-order valence-corrected chi connectivity index (χ1v) is 9.14. The Bertz CT molecular complexity index is 790. The number of benzene rings is 2. The van der Waals surface area contributed by atoms with Gasteiger partial charge in [0, 0.05) is 25.5 Å². The average molecular weight is 366 g/mol. The Morgan fingerprint density at radius 1 is 1.19 bits per heavy atom. The van der Waals surface area contributed by atoms with Crippen LogP contribution in [0.3, 0.4) is 0 Å². The maximum Gasteiger partial charge on any atom is 0.251 e. The second-order valence-corrected chi connectivity index (χ2v) is 7.05. The van der Waals surface area contributed by atoms with Crippen molar-refractivity contribution < 1.29 is 9.59 Å². The Morgan fingerprint density at radius 3 is 2.44 bits per heavy atom. The number of aryl methyl sites for hydroxylation is 1. The van der Waals surface area contributed by atoms with E-state index in [1.54, 1.807) is 4.90 Å². The van der Waals surface area contributed by atoms with Crippen molar-refractivity contribution in [2.24, 2.45) is 5.73 Å². The third-order valence-electron chi connectivity index (χ3n) is 4.85. The van der Waals surface area contributed by atoms with Crippen molar-refractivity contribution in [1.82, 2.24) is 5.32 Å². The number of carbonyl (C=O) groups is 2. The molecule has 27 heavy (non-hydrogen) atoms. The summed E-state index contributed by atoms with van der Waals surface area (Å²) in [6, 6.07) is 16.6. The van der Waals surface area contributed by atoms with Crippen molar-refractivity contribution >= 4 is 23.2 Å². The zero-order chi connectivity index (χ0) is 19.4. The maximum atomic E-state index is 12.4. The van der Waals surface area contributed by atoms with Crippen molar-refractivity contribution in [3.63, 3.8) is 0 Å². The molecule has 0 aromatic heterocycles. The monoisotopic (exact) mass is 366 g/mol. The first-order chi connectivity index (χ1) is 13.0. The van der Waals surface area contributed by atoms with Gasteiger partial charge in [-0.25, -0.2) is 0 Å². The largest absolute Gasteiger partial charge is 0.378 e. The molecule has 1 fully saturated rings. The second kappa shape index (κ2) is 8.22. The molecule has 1 saturated heterocycles. The summed E-state index contributed by atoms with van der Waals surface area (Å²) in [4.78, 5) is 28.3. The van der Waals surface area contributed by atoms with Crippen LogP contribution in [0.2, 0.25) is 0 Å². The lowest BCUT2D eigenvalue weighted by Gasteiger charge is -2.39. The minimum Gasteiger partial charge on any atom is -0.378 e. The number of nitrogens with two attached hydrogens (primary N) is 1. The normalized spacial score (nSPS) is 17.2. The van der Waals surface area contributed by atoms with Crippen LogP contribution in [0.1, 0.15) is 12.0 Å². The molecule has 0 bridgehead atoms. The molecule has 0 spiro atoms. The van der Waals surface area contributed by atoms with Crippen LogP contribution in [0, 0.1) is 0 Å². The highest BCUT2D eigenvalue weighted by molar-refractivity contribution is 6.06. The Morgan fingerprint density at radius 2 is 1.85 bits per heavy atom. The molecule has 0 radical (unpaired) electrons. The summed E-state index contributed by atoms with van der Waals surface area (Å²) in [5.41, 5.74) is 9.04. The van der Waals surface area contributed by atoms with Crippen LogP contribution in [-0.2, 0) is 16.0 Å². The third kappa shape index (κ3) is 4.46. The van der Waals surface area contributed by atoms with E-state index in [4.69, 9.17) is 5.73 Å². The molecule has 2 aromatic carbocycles. The van der Waals surface area contributed by atoms with Gasteiger partial charge in [0.05, 0.1) is 12.6 Å². The lowest BCUT2D eigenvalue weighted by Crippen LogP contribution is -2.65.